The minimum absolute atomic E-state index is 0.123. The Balaban J connectivity index is 1.68. The number of nitrogens with one attached hydrogen (secondary N) is 1. The summed E-state index contributed by atoms with van der Waals surface area (Å²) in [7, 11) is 0. The first-order chi connectivity index (χ1) is 11.7. The fourth-order valence-electron chi connectivity index (χ4n) is 3.19. The van der Waals surface area contributed by atoms with Crippen LogP contribution in [0.15, 0.2) is 30.7 Å². The zero-order chi connectivity index (χ0) is 16.5. The molecule has 0 fully saturated rings. The Hall–Kier alpha value is -1.76. The summed E-state index contributed by atoms with van der Waals surface area (Å²) in [6, 6.07) is 6.18. The Labute approximate surface area is 149 Å². The zero-order valence-corrected chi connectivity index (χ0v) is 14.9. The Morgan fingerprint density at radius 1 is 1.33 bits per heavy atom. The van der Waals surface area contributed by atoms with Crippen molar-refractivity contribution < 1.29 is 0 Å². The summed E-state index contributed by atoms with van der Waals surface area (Å²) in [6.45, 7) is 3.81. The maximum Gasteiger partial charge on any atom is 0.128 e. The van der Waals surface area contributed by atoms with Gasteiger partial charge in [0.2, 0.25) is 0 Å². The summed E-state index contributed by atoms with van der Waals surface area (Å²) in [5.74, 6) is 0.890. The van der Waals surface area contributed by atoms with E-state index in [1.807, 2.05) is 18.3 Å². The number of H-pyrrole nitrogens is 1. The molecule has 24 heavy (non-hydrogen) atoms. The van der Waals surface area contributed by atoms with Gasteiger partial charge in [0.25, 0.3) is 0 Å². The smallest absolute Gasteiger partial charge is 0.128 e. The number of hydrogen-bond donors (Lipinski definition) is 1. The first-order valence-corrected chi connectivity index (χ1v) is 9.26. The number of fused-ring (bicyclic) bond motifs is 1. The van der Waals surface area contributed by atoms with E-state index in [0.29, 0.717) is 0 Å². The van der Waals surface area contributed by atoms with Crippen molar-refractivity contribution in [2.45, 2.75) is 32.4 Å². The van der Waals surface area contributed by atoms with Gasteiger partial charge in [-0.05, 0) is 18.2 Å². The van der Waals surface area contributed by atoms with Crippen LogP contribution in [0.5, 0.6) is 0 Å². The predicted octanol–water partition coefficient (Wildman–Crippen LogP) is 3.62. The van der Waals surface area contributed by atoms with E-state index in [0.717, 1.165) is 47.5 Å². The van der Waals surface area contributed by atoms with Gasteiger partial charge in [-0.15, -0.1) is 11.3 Å². The molecular formula is C17H18ClN5S. The van der Waals surface area contributed by atoms with Crippen molar-refractivity contribution in [2.75, 3.05) is 6.54 Å². The summed E-state index contributed by atoms with van der Waals surface area (Å²) in [6.07, 6.45) is 5.45. The van der Waals surface area contributed by atoms with Crippen molar-refractivity contribution in [3.05, 3.63) is 62.8 Å². The highest BCUT2D eigenvalue weighted by Gasteiger charge is 2.32. The van der Waals surface area contributed by atoms with Crippen LogP contribution in [-0.2, 0) is 19.4 Å². The van der Waals surface area contributed by atoms with E-state index < -0.39 is 0 Å². The summed E-state index contributed by atoms with van der Waals surface area (Å²) in [5.41, 5.74) is 3.37. The first-order valence-electron chi connectivity index (χ1n) is 8.07. The van der Waals surface area contributed by atoms with Gasteiger partial charge in [0.05, 0.1) is 28.1 Å². The molecule has 1 N–H and O–H groups in total. The van der Waals surface area contributed by atoms with Crippen LogP contribution in [0.4, 0.5) is 0 Å². The van der Waals surface area contributed by atoms with Crippen LogP contribution in [0.25, 0.3) is 0 Å². The lowest BCUT2D eigenvalue weighted by Crippen LogP contribution is -2.35. The highest BCUT2D eigenvalue weighted by atomic mass is 35.5. The third-order valence-electron chi connectivity index (χ3n) is 4.33. The van der Waals surface area contributed by atoms with E-state index >= 15 is 0 Å². The minimum atomic E-state index is 0.123. The van der Waals surface area contributed by atoms with E-state index in [4.69, 9.17) is 11.6 Å². The number of halogens is 1. The number of aromatic nitrogens is 4. The lowest BCUT2D eigenvalue weighted by molar-refractivity contribution is 0.200. The molecule has 0 radical (unpaired) electrons. The van der Waals surface area contributed by atoms with Gasteiger partial charge < -0.3 is 4.98 Å². The molecule has 1 aliphatic heterocycles. The number of hydrogen-bond acceptors (Lipinski definition) is 5. The largest absolute Gasteiger partial charge is 0.348 e. The average Bonchev–Trinajstić information content (AvgIpc) is 3.23. The molecule has 0 aliphatic carbocycles. The second-order valence-electron chi connectivity index (χ2n) is 5.85. The van der Waals surface area contributed by atoms with Crippen LogP contribution < -0.4 is 0 Å². The third-order valence-corrected chi connectivity index (χ3v) is 5.62. The first kappa shape index (κ1) is 15.7. The van der Waals surface area contributed by atoms with E-state index in [1.54, 1.807) is 17.7 Å². The van der Waals surface area contributed by atoms with Gasteiger partial charge in [-0.25, -0.2) is 15.0 Å². The van der Waals surface area contributed by atoms with Crippen LogP contribution in [0, 0.1) is 0 Å². The molecule has 1 aliphatic rings. The molecule has 5 nitrogen and oxygen atoms in total. The maximum atomic E-state index is 6.18. The second-order valence-corrected chi connectivity index (χ2v) is 7.60. The number of thiophene rings is 1. The van der Waals surface area contributed by atoms with Crippen LogP contribution in [0.2, 0.25) is 4.34 Å². The van der Waals surface area contributed by atoms with E-state index in [9.17, 15) is 0 Å². The molecule has 124 valence electrons. The van der Waals surface area contributed by atoms with E-state index in [1.165, 1.54) is 10.6 Å². The number of aryl methyl sites for hydroxylation is 1. The number of rotatable bonds is 4. The average molecular weight is 360 g/mol. The second kappa shape index (κ2) is 6.63. The van der Waals surface area contributed by atoms with Crippen molar-refractivity contribution >= 4 is 22.9 Å². The molecule has 3 aromatic heterocycles. The molecule has 0 spiro atoms. The van der Waals surface area contributed by atoms with Gasteiger partial charge in [-0.1, -0.05) is 18.5 Å². The molecule has 0 amide bonds. The van der Waals surface area contributed by atoms with Crippen LogP contribution in [0.1, 0.15) is 40.7 Å². The fraction of sp³-hybridized carbons (Fsp3) is 0.353. The topological polar surface area (TPSA) is 57.7 Å². The molecule has 4 rings (SSSR count). The Morgan fingerprint density at radius 2 is 2.25 bits per heavy atom. The quantitative estimate of drug-likeness (QED) is 0.772. The summed E-state index contributed by atoms with van der Waals surface area (Å²) in [4.78, 5) is 20.5. The SMILES string of the molecule is CCc1nccc(CN2CCc3[nH]cnc3[C@@H]2c2ccc(Cl)s2)n1. The van der Waals surface area contributed by atoms with Crippen LogP contribution in [0.3, 0.4) is 0 Å². The van der Waals surface area contributed by atoms with Gasteiger partial charge in [-0.2, -0.15) is 0 Å². The summed E-state index contributed by atoms with van der Waals surface area (Å²) in [5, 5.41) is 0. The monoisotopic (exact) mass is 359 g/mol. The van der Waals surface area contributed by atoms with Crippen molar-refractivity contribution in [1.82, 2.24) is 24.8 Å². The van der Waals surface area contributed by atoms with E-state index in [2.05, 4.69) is 37.8 Å². The molecule has 1 atom stereocenters. The zero-order valence-electron chi connectivity index (χ0n) is 13.4. The van der Waals surface area contributed by atoms with Crippen molar-refractivity contribution in [2.24, 2.45) is 0 Å². The van der Waals surface area contributed by atoms with Gasteiger partial charge >= 0.3 is 0 Å². The lowest BCUT2D eigenvalue weighted by Gasteiger charge is -2.34. The molecule has 7 heteroatoms. The van der Waals surface area contributed by atoms with Gasteiger partial charge in [0.1, 0.15) is 5.82 Å². The molecule has 4 heterocycles. The number of nitrogens with zero attached hydrogens (tertiary/aromatic N) is 4. The minimum Gasteiger partial charge on any atom is -0.348 e. The third kappa shape index (κ3) is 2.97. The van der Waals surface area contributed by atoms with Crippen LogP contribution in [-0.4, -0.2) is 31.4 Å². The summed E-state index contributed by atoms with van der Waals surface area (Å²) < 4.78 is 0.808. The Morgan fingerprint density at radius 3 is 3.04 bits per heavy atom. The van der Waals surface area contributed by atoms with Crippen molar-refractivity contribution in [1.29, 1.82) is 0 Å². The number of aromatic amines is 1. The normalized spacial score (nSPS) is 17.8. The molecular weight excluding hydrogens is 342 g/mol. The number of imidazole rings is 1. The highest BCUT2D eigenvalue weighted by molar-refractivity contribution is 7.16. The molecule has 3 aromatic rings. The van der Waals surface area contributed by atoms with Crippen LogP contribution >= 0.6 is 22.9 Å². The summed E-state index contributed by atoms with van der Waals surface area (Å²) >= 11 is 7.80. The van der Waals surface area contributed by atoms with E-state index in [-0.39, 0.29) is 6.04 Å². The molecule has 0 saturated heterocycles. The molecule has 0 saturated carbocycles. The maximum absolute atomic E-state index is 6.18. The lowest BCUT2D eigenvalue weighted by atomic mass is 10.0. The fourth-order valence-corrected chi connectivity index (χ4v) is 4.39. The predicted molar refractivity (Wildman–Crippen MR) is 95.3 cm³/mol. The highest BCUT2D eigenvalue weighted by Crippen LogP contribution is 2.38. The standard InChI is InChI=1S/C17H18ClN5S/c1-2-15-19-7-5-11(22-15)9-23-8-6-12-16(21-10-20-12)17(23)13-3-4-14(18)24-13/h3-5,7,10,17H,2,6,8-9H2,1H3,(H,20,21)/t17-/m0/s1. The van der Waals surface area contributed by atoms with Gasteiger partial charge in [0, 0.05) is 42.7 Å². The molecule has 0 aromatic carbocycles. The van der Waals surface area contributed by atoms with Gasteiger partial charge in [-0.3, -0.25) is 4.90 Å². The molecule has 0 bridgehead atoms. The van der Waals surface area contributed by atoms with Gasteiger partial charge in [0.15, 0.2) is 0 Å². The Kier molecular flexibility index (Phi) is 4.35. The molecule has 0 unspecified atom stereocenters. The van der Waals surface area contributed by atoms with Crippen molar-refractivity contribution in [3.63, 3.8) is 0 Å². The Bertz CT molecular complexity index is 843. The van der Waals surface area contributed by atoms with Crippen molar-refractivity contribution in [3.8, 4) is 0 Å².